The van der Waals surface area contributed by atoms with Gasteiger partial charge in [-0.1, -0.05) is 29.8 Å². The van der Waals surface area contributed by atoms with Crippen LogP contribution in [0.15, 0.2) is 52.9 Å². The molecule has 5 nitrogen and oxygen atoms in total. The molecule has 3 aromatic rings. The Labute approximate surface area is 128 Å². The maximum atomic E-state index is 5.63. The smallest absolute Gasteiger partial charge is 0.254 e. The summed E-state index contributed by atoms with van der Waals surface area (Å²) in [5.41, 5.74) is 1.95. The summed E-state index contributed by atoms with van der Waals surface area (Å²) in [5, 5.41) is 8.05. The van der Waals surface area contributed by atoms with Gasteiger partial charge in [0.2, 0.25) is 0 Å². The van der Waals surface area contributed by atoms with Crippen molar-refractivity contribution in [3.63, 3.8) is 0 Å². The van der Waals surface area contributed by atoms with E-state index in [1.165, 1.54) is 5.56 Å². The average molecular weight is 296 g/mol. The Bertz CT molecular complexity index is 751. The highest BCUT2D eigenvalue weighted by Crippen LogP contribution is 2.28. The van der Waals surface area contributed by atoms with Gasteiger partial charge >= 0.3 is 0 Å². The third-order valence-corrected chi connectivity index (χ3v) is 3.19. The maximum Gasteiger partial charge on any atom is 0.254 e. The molecule has 5 heteroatoms. The monoisotopic (exact) mass is 296 g/mol. The van der Waals surface area contributed by atoms with E-state index in [0.717, 1.165) is 11.3 Å². The van der Waals surface area contributed by atoms with E-state index in [1.807, 2.05) is 55.5 Å². The Morgan fingerprint density at radius 1 is 1.00 bits per heavy atom. The van der Waals surface area contributed by atoms with E-state index < -0.39 is 0 Å². The molecule has 0 radical (unpaired) electrons. The molecule has 1 aromatic heterocycles. The van der Waals surface area contributed by atoms with Gasteiger partial charge in [0.25, 0.3) is 11.8 Å². The first kappa shape index (κ1) is 14.1. The Balaban J connectivity index is 1.72. The Hall–Kier alpha value is -2.82. The number of para-hydroxylation sites is 1. The predicted molar refractivity (Wildman–Crippen MR) is 81.8 cm³/mol. The molecular formula is C17H16N2O3. The highest BCUT2D eigenvalue weighted by Gasteiger charge is 2.13. The lowest BCUT2D eigenvalue weighted by Crippen LogP contribution is -1.95. The Kier molecular flexibility index (Phi) is 4.05. The van der Waals surface area contributed by atoms with E-state index in [-0.39, 0.29) is 6.61 Å². The van der Waals surface area contributed by atoms with Gasteiger partial charge in [-0.15, -0.1) is 10.2 Å². The molecule has 22 heavy (non-hydrogen) atoms. The Morgan fingerprint density at radius 2 is 1.77 bits per heavy atom. The lowest BCUT2D eigenvalue weighted by atomic mass is 10.2. The second kappa shape index (κ2) is 6.30. The number of nitrogens with zero attached hydrogens (tertiary/aromatic N) is 2. The van der Waals surface area contributed by atoms with Crippen molar-refractivity contribution in [2.75, 3.05) is 7.11 Å². The third-order valence-electron chi connectivity index (χ3n) is 3.19. The molecule has 0 N–H and O–H groups in total. The highest BCUT2D eigenvalue weighted by atomic mass is 16.5. The second-order valence-electron chi connectivity index (χ2n) is 4.80. The molecule has 2 aromatic carbocycles. The molecule has 0 aliphatic heterocycles. The third kappa shape index (κ3) is 3.09. The van der Waals surface area contributed by atoms with Crippen LogP contribution >= 0.6 is 0 Å². The van der Waals surface area contributed by atoms with Gasteiger partial charge in [0.05, 0.1) is 12.7 Å². The molecule has 0 saturated carbocycles. The van der Waals surface area contributed by atoms with Crippen LogP contribution in [0.1, 0.15) is 11.5 Å². The van der Waals surface area contributed by atoms with E-state index >= 15 is 0 Å². The van der Waals surface area contributed by atoms with Gasteiger partial charge in [-0.2, -0.15) is 0 Å². The molecule has 0 unspecified atom stereocenters. The first-order chi connectivity index (χ1) is 10.8. The van der Waals surface area contributed by atoms with Crippen LogP contribution in [0.5, 0.6) is 11.5 Å². The summed E-state index contributed by atoms with van der Waals surface area (Å²) in [6.07, 6.45) is 0. The van der Waals surface area contributed by atoms with E-state index in [4.69, 9.17) is 13.9 Å². The molecule has 0 amide bonds. The number of aryl methyl sites for hydroxylation is 1. The van der Waals surface area contributed by atoms with Crippen LogP contribution in [0.25, 0.3) is 11.5 Å². The fourth-order valence-electron chi connectivity index (χ4n) is 2.02. The summed E-state index contributed by atoms with van der Waals surface area (Å²) >= 11 is 0. The second-order valence-corrected chi connectivity index (χ2v) is 4.80. The van der Waals surface area contributed by atoms with E-state index in [9.17, 15) is 0 Å². The summed E-state index contributed by atoms with van der Waals surface area (Å²) in [7, 11) is 1.61. The van der Waals surface area contributed by atoms with E-state index in [0.29, 0.717) is 17.5 Å². The number of hydrogen-bond donors (Lipinski definition) is 0. The Morgan fingerprint density at radius 3 is 2.55 bits per heavy atom. The summed E-state index contributed by atoms with van der Waals surface area (Å²) in [4.78, 5) is 0. The van der Waals surface area contributed by atoms with Crippen molar-refractivity contribution in [2.24, 2.45) is 0 Å². The first-order valence-electron chi connectivity index (χ1n) is 6.91. The van der Waals surface area contributed by atoms with Gasteiger partial charge in [-0.3, -0.25) is 0 Å². The fraction of sp³-hybridized carbons (Fsp3) is 0.176. The number of ether oxygens (including phenoxy) is 2. The zero-order valence-electron chi connectivity index (χ0n) is 12.4. The molecule has 0 aliphatic carbocycles. The van der Waals surface area contributed by atoms with Crippen LogP contribution < -0.4 is 9.47 Å². The number of aromatic nitrogens is 2. The summed E-state index contributed by atoms with van der Waals surface area (Å²) in [5.74, 6) is 2.29. The van der Waals surface area contributed by atoms with Crippen LogP contribution in [0, 0.1) is 6.92 Å². The standard InChI is InChI=1S/C17H16N2O3/c1-12-7-9-13(10-8-12)21-11-16-18-19-17(22-16)14-5-3-4-6-15(14)20-2/h3-10H,11H2,1-2H3. The minimum absolute atomic E-state index is 0.227. The van der Waals surface area contributed by atoms with Crippen LogP contribution in [-0.2, 0) is 6.61 Å². The lowest BCUT2D eigenvalue weighted by Gasteiger charge is -2.04. The van der Waals surface area contributed by atoms with Gasteiger partial charge in [-0.25, -0.2) is 0 Å². The van der Waals surface area contributed by atoms with Gasteiger partial charge in [-0.05, 0) is 31.2 Å². The first-order valence-corrected chi connectivity index (χ1v) is 6.91. The zero-order valence-corrected chi connectivity index (χ0v) is 12.4. The minimum atomic E-state index is 0.227. The van der Waals surface area contributed by atoms with Crippen molar-refractivity contribution in [1.29, 1.82) is 0 Å². The van der Waals surface area contributed by atoms with Crippen LogP contribution in [0.4, 0.5) is 0 Å². The van der Waals surface area contributed by atoms with Gasteiger partial charge in [0.15, 0.2) is 6.61 Å². The molecule has 0 atom stereocenters. The van der Waals surface area contributed by atoms with Crippen molar-refractivity contribution >= 4 is 0 Å². The maximum absolute atomic E-state index is 5.63. The van der Waals surface area contributed by atoms with Crippen molar-refractivity contribution < 1.29 is 13.9 Å². The fourth-order valence-corrected chi connectivity index (χ4v) is 2.02. The van der Waals surface area contributed by atoms with Gasteiger partial charge < -0.3 is 13.9 Å². The highest BCUT2D eigenvalue weighted by molar-refractivity contribution is 5.62. The van der Waals surface area contributed by atoms with Crippen molar-refractivity contribution in [3.8, 4) is 23.0 Å². The van der Waals surface area contributed by atoms with Gasteiger partial charge in [0, 0.05) is 0 Å². The number of rotatable bonds is 5. The molecule has 1 heterocycles. The number of hydrogen-bond acceptors (Lipinski definition) is 5. The average Bonchev–Trinajstić information content (AvgIpc) is 3.03. The molecule has 112 valence electrons. The van der Waals surface area contributed by atoms with Crippen LogP contribution in [0.3, 0.4) is 0 Å². The molecule has 0 saturated heterocycles. The van der Waals surface area contributed by atoms with Crippen LogP contribution in [-0.4, -0.2) is 17.3 Å². The van der Waals surface area contributed by atoms with Crippen molar-refractivity contribution in [1.82, 2.24) is 10.2 Å². The quantitative estimate of drug-likeness (QED) is 0.719. The zero-order chi connectivity index (χ0) is 15.4. The largest absolute Gasteiger partial charge is 0.496 e. The predicted octanol–water partition coefficient (Wildman–Crippen LogP) is 3.63. The molecule has 0 aliphatic rings. The number of methoxy groups -OCH3 is 1. The lowest BCUT2D eigenvalue weighted by molar-refractivity contribution is 0.264. The molecular weight excluding hydrogens is 280 g/mol. The van der Waals surface area contributed by atoms with Gasteiger partial charge in [0.1, 0.15) is 11.5 Å². The molecule has 3 rings (SSSR count). The molecule has 0 bridgehead atoms. The molecule has 0 fully saturated rings. The topological polar surface area (TPSA) is 57.4 Å². The number of benzene rings is 2. The van der Waals surface area contributed by atoms with Crippen molar-refractivity contribution in [3.05, 3.63) is 60.0 Å². The van der Waals surface area contributed by atoms with Crippen molar-refractivity contribution in [2.45, 2.75) is 13.5 Å². The van der Waals surface area contributed by atoms with Crippen LogP contribution in [0.2, 0.25) is 0 Å². The minimum Gasteiger partial charge on any atom is -0.496 e. The van der Waals surface area contributed by atoms with E-state index in [2.05, 4.69) is 10.2 Å². The van der Waals surface area contributed by atoms with E-state index in [1.54, 1.807) is 7.11 Å². The molecule has 0 spiro atoms. The summed E-state index contributed by atoms with van der Waals surface area (Å²) in [6, 6.07) is 15.3. The summed E-state index contributed by atoms with van der Waals surface area (Å²) < 4.78 is 16.5. The SMILES string of the molecule is COc1ccccc1-c1nnc(COc2ccc(C)cc2)o1. The normalized spacial score (nSPS) is 10.5. The summed E-state index contributed by atoms with van der Waals surface area (Å²) in [6.45, 7) is 2.26.